The van der Waals surface area contributed by atoms with Crippen LogP contribution in [0.5, 0.6) is 0 Å². The zero-order valence-corrected chi connectivity index (χ0v) is 12.4. The van der Waals surface area contributed by atoms with Gasteiger partial charge in [-0.1, -0.05) is 23.8 Å². The number of benzene rings is 2. The standard InChI is InChI=1S/C15H15NO4S/c1-11-6-8-13(9-7-11)16(21(18)19)14-5-3-4-12(10-14)15(17)20-2/h3-10H,1-2H3,(H,18,19)/p-1. The first-order valence-corrected chi connectivity index (χ1v) is 7.20. The van der Waals surface area contributed by atoms with E-state index in [2.05, 4.69) is 4.74 Å². The van der Waals surface area contributed by atoms with Crippen molar-refractivity contribution >= 4 is 28.6 Å². The lowest BCUT2D eigenvalue weighted by atomic mass is 10.2. The number of aryl methyl sites for hydroxylation is 1. The predicted molar refractivity (Wildman–Crippen MR) is 80.0 cm³/mol. The topological polar surface area (TPSA) is 69.7 Å². The van der Waals surface area contributed by atoms with Crippen molar-refractivity contribution in [2.24, 2.45) is 0 Å². The molecule has 21 heavy (non-hydrogen) atoms. The normalized spacial score (nSPS) is 11.8. The lowest BCUT2D eigenvalue weighted by Crippen LogP contribution is -2.19. The number of hydrogen-bond donors (Lipinski definition) is 0. The summed E-state index contributed by atoms with van der Waals surface area (Å²) in [5, 5.41) is 0. The number of nitrogens with zero attached hydrogens (tertiary/aromatic N) is 1. The van der Waals surface area contributed by atoms with Gasteiger partial charge in [0.25, 0.3) is 0 Å². The third-order valence-electron chi connectivity index (χ3n) is 2.92. The van der Waals surface area contributed by atoms with Gasteiger partial charge in [0, 0.05) is 0 Å². The van der Waals surface area contributed by atoms with Crippen molar-refractivity contribution in [2.75, 3.05) is 11.4 Å². The molecule has 0 aliphatic heterocycles. The van der Waals surface area contributed by atoms with Gasteiger partial charge in [0.15, 0.2) is 0 Å². The second-order valence-electron chi connectivity index (χ2n) is 4.39. The van der Waals surface area contributed by atoms with Crippen LogP contribution in [0.25, 0.3) is 0 Å². The molecular weight excluding hydrogens is 290 g/mol. The SMILES string of the molecule is COC(=O)c1cccc(N(c2ccc(C)cc2)S(=O)[O-])c1. The fourth-order valence-corrected chi connectivity index (χ4v) is 2.46. The highest BCUT2D eigenvalue weighted by Gasteiger charge is 2.13. The van der Waals surface area contributed by atoms with Crippen LogP contribution in [0.15, 0.2) is 48.5 Å². The lowest BCUT2D eigenvalue weighted by molar-refractivity contribution is 0.0600. The quantitative estimate of drug-likeness (QED) is 0.643. The van der Waals surface area contributed by atoms with Crippen molar-refractivity contribution in [3.8, 4) is 0 Å². The molecule has 0 N–H and O–H groups in total. The zero-order chi connectivity index (χ0) is 15.4. The number of hydrogen-bond acceptors (Lipinski definition) is 4. The highest BCUT2D eigenvalue weighted by molar-refractivity contribution is 7.81. The van der Waals surface area contributed by atoms with Gasteiger partial charge < -0.3 is 9.29 Å². The number of carbonyl (C=O) groups excluding carboxylic acids is 1. The lowest BCUT2D eigenvalue weighted by Gasteiger charge is -2.26. The van der Waals surface area contributed by atoms with Gasteiger partial charge in [-0.3, -0.25) is 8.51 Å². The number of esters is 1. The smallest absolute Gasteiger partial charge is 0.337 e. The molecule has 2 aromatic rings. The second-order valence-corrected chi connectivity index (χ2v) is 5.19. The maximum Gasteiger partial charge on any atom is 0.337 e. The molecule has 2 aromatic carbocycles. The van der Waals surface area contributed by atoms with Crippen molar-refractivity contribution in [3.63, 3.8) is 0 Å². The Hall–Kier alpha value is -2.18. The van der Waals surface area contributed by atoms with Crippen LogP contribution in [0.3, 0.4) is 0 Å². The van der Waals surface area contributed by atoms with E-state index in [4.69, 9.17) is 0 Å². The fourth-order valence-electron chi connectivity index (χ4n) is 1.88. The van der Waals surface area contributed by atoms with E-state index in [0.29, 0.717) is 11.4 Å². The van der Waals surface area contributed by atoms with E-state index in [9.17, 15) is 13.6 Å². The van der Waals surface area contributed by atoms with Crippen LogP contribution in [-0.2, 0) is 16.0 Å². The summed E-state index contributed by atoms with van der Waals surface area (Å²) in [5.74, 6) is -0.516. The molecule has 0 spiro atoms. The Morgan fingerprint density at radius 2 is 1.81 bits per heavy atom. The summed E-state index contributed by atoms with van der Waals surface area (Å²) < 4.78 is 28.8. The molecule has 0 saturated heterocycles. The fraction of sp³-hybridized carbons (Fsp3) is 0.133. The monoisotopic (exact) mass is 304 g/mol. The maximum atomic E-state index is 11.5. The van der Waals surface area contributed by atoms with E-state index >= 15 is 0 Å². The van der Waals surface area contributed by atoms with Crippen LogP contribution in [0, 0.1) is 6.92 Å². The van der Waals surface area contributed by atoms with Gasteiger partial charge >= 0.3 is 5.97 Å². The van der Waals surface area contributed by atoms with E-state index in [-0.39, 0.29) is 5.56 Å². The van der Waals surface area contributed by atoms with Gasteiger partial charge in [-0.15, -0.1) is 0 Å². The molecule has 110 valence electrons. The van der Waals surface area contributed by atoms with Gasteiger partial charge in [0.2, 0.25) is 0 Å². The molecule has 0 saturated carbocycles. The van der Waals surface area contributed by atoms with Crippen LogP contribution < -0.4 is 4.31 Å². The van der Waals surface area contributed by atoms with E-state index in [1.807, 2.05) is 19.1 Å². The Morgan fingerprint density at radius 3 is 2.38 bits per heavy atom. The number of rotatable bonds is 4. The van der Waals surface area contributed by atoms with Gasteiger partial charge in [-0.2, -0.15) is 0 Å². The van der Waals surface area contributed by atoms with Crippen LogP contribution >= 0.6 is 0 Å². The minimum Gasteiger partial charge on any atom is -0.755 e. The summed E-state index contributed by atoms with van der Waals surface area (Å²) in [6.45, 7) is 1.92. The molecule has 0 radical (unpaired) electrons. The summed E-state index contributed by atoms with van der Waals surface area (Å²) in [5.41, 5.74) is 2.18. The Morgan fingerprint density at radius 1 is 1.14 bits per heavy atom. The van der Waals surface area contributed by atoms with Crippen LogP contribution in [0.2, 0.25) is 0 Å². The highest BCUT2D eigenvalue weighted by Crippen LogP contribution is 2.27. The molecule has 0 heterocycles. The molecule has 0 amide bonds. The highest BCUT2D eigenvalue weighted by atomic mass is 32.2. The van der Waals surface area contributed by atoms with Crippen LogP contribution in [0.1, 0.15) is 15.9 Å². The van der Waals surface area contributed by atoms with Crippen LogP contribution in [-0.4, -0.2) is 21.8 Å². The van der Waals surface area contributed by atoms with Crippen molar-refractivity contribution in [3.05, 3.63) is 59.7 Å². The molecular formula is C15H14NO4S-. The van der Waals surface area contributed by atoms with E-state index in [1.165, 1.54) is 13.2 Å². The molecule has 1 atom stereocenters. The van der Waals surface area contributed by atoms with E-state index < -0.39 is 17.2 Å². The summed E-state index contributed by atoms with van der Waals surface area (Å²) in [6.07, 6.45) is 0. The van der Waals surface area contributed by atoms with Crippen molar-refractivity contribution in [1.29, 1.82) is 0 Å². The molecule has 0 aliphatic carbocycles. The second kappa shape index (κ2) is 6.51. The predicted octanol–water partition coefficient (Wildman–Crippen LogP) is 2.71. The molecule has 0 aromatic heterocycles. The Labute approximate surface area is 125 Å². The van der Waals surface area contributed by atoms with Crippen molar-refractivity contribution in [2.45, 2.75) is 6.92 Å². The largest absolute Gasteiger partial charge is 0.755 e. The average molecular weight is 304 g/mol. The molecule has 5 nitrogen and oxygen atoms in total. The zero-order valence-electron chi connectivity index (χ0n) is 11.6. The molecule has 6 heteroatoms. The molecule has 0 fully saturated rings. The summed E-state index contributed by atoms with van der Waals surface area (Å²) in [6, 6.07) is 13.3. The van der Waals surface area contributed by atoms with Gasteiger partial charge in [0.05, 0.1) is 35.3 Å². The molecule has 2 rings (SSSR count). The maximum absolute atomic E-state index is 11.5. The van der Waals surface area contributed by atoms with Crippen molar-refractivity contribution in [1.82, 2.24) is 0 Å². The minimum atomic E-state index is -2.50. The third kappa shape index (κ3) is 3.48. The Balaban J connectivity index is 2.46. The van der Waals surface area contributed by atoms with E-state index in [0.717, 1.165) is 9.87 Å². The molecule has 0 bridgehead atoms. The molecule has 1 unspecified atom stereocenters. The van der Waals surface area contributed by atoms with Gasteiger partial charge in [-0.25, -0.2) is 4.79 Å². The Bertz CT molecular complexity index is 670. The van der Waals surface area contributed by atoms with Crippen molar-refractivity contribution < 1.29 is 18.3 Å². The van der Waals surface area contributed by atoms with Gasteiger partial charge in [-0.05, 0) is 37.3 Å². The molecule has 0 aliphatic rings. The van der Waals surface area contributed by atoms with Crippen LogP contribution in [0.4, 0.5) is 11.4 Å². The summed E-state index contributed by atoms with van der Waals surface area (Å²) in [4.78, 5) is 11.5. The van der Waals surface area contributed by atoms with Gasteiger partial charge in [0.1, 0.15) is 0 Å². The number of anilines is 2. The van der Waals surface area contributed by atoms with E-state index in [1.54, 1.807) is 30.3 Å². The number of ether oxygens (including phenoxy) is 1. The summed E-state index contributed by atoms with van der Waals surface area (Å²) in [7, 11) is 1.28. The first-order chi connectivity index (χ1) is 10.0. The minimum absolute atomic E-state index is 0.289. The average Bonchev–Trinajstić information content (AvgIpc) is 2.48. The first kappa shape index (κ1) is 15.2. The summed E-state index contributed by atoms with van der Waals surface area (Å²) >= 11 is -2.50. The number of methoxy groups -OCH3 is 1. The number of carbonyl (C=O) groups is 1. The third-order valence-corrected chi connectivity index (χ3v) is 3.64. The first-order valence-electron chi connectivity index (χ1n) is 6.17. The Kier molecular flexibility index (Phi) is 4.72.